The highest BCUT2D eigenvalue weighted by atomic mass is 16.2. The van der Waals surface area contributed by atoms with E-state index in [1.54, 1.807) is 0 Å². The first-order valence-electron chi connectivity index (χ1n) is 9.26. The molecule has 1 atom stereocenters. The molecular formula is C19H30N4O. The number of piperidine rings is 1. The third-order valence-corrected chi connectivity index (χ3v) is 5.54. The standard InChI is InChI=1S/C19H30N4O/c1-19(18(24)22-16-8-3-4-9-16)10-6-12-23(14-19)13-15-7-5-11-21-17(15)20-2/h5,7,11,16H,3-4,6,8-10,12-14H2,1-2H3,(H,20,21)(H,22,24). The molecular weight excluding hydrogens is 300 g/mol. The summed E-state index contributed by atoms with van der Waals surface area (Å²) in [4.78, 5) is 19.6. The summed E-state index contributed by atoms with van der Waals surface area (Å²) < 4.78 is 0. The quantitative estimate of drug-likeness (QED) is 0.872. The smallest absolute Gasteiger partial charge is 0.227 e. The molecule has 24 heavy (non-hydrogen) atoms. The lowest BCUT2D eigenvalue weighted by molar-refractivity contribution is -0.134. The van der Waals surface area contributed by atoms with Crippen molar-refractivity contribution < 1.29 is 4.79 Å². The second-order valence-corrected chi connectivity index (χ2v) is 7.59. The fourth-order valence-corrected chi connectivity index (χ4v) is 4.13. The highest BCUT2D eigenvalue weighted by Gasteiger charge is 2.38. The van der Waals surface area contributed by atoms with Gasteiger partial charge in [-0.2, -0.15) is 0 Å². The van der Waals surface area contributed by atoms with Gasteiger partial charge in [-0.3, -0.25) is 9.69 Å². The van der Waals surface area contributed by atoms with Crippen LogP contribution in [0, 0.1) is 5.41 Å². The average Bonchev–Trinajstić information content (AvgIpc) is 3.08. The molecule has 2 fully saturated rings. The number of likely N-dealkylation sites (tertiary alicyclic amines) is 1. The van der Waals surface area contributed by atoms with E-state index in [-0.39, 0.29) is 11.3 Å². The summed E-state index contributed by atoms with van der Waals surface area (Å²) in [5.74, 6) is 1.18. The molecule has 0 radical (unpaired) electrons. The number of nitrogens with zero attached hydrogens (tertiary/aromatic N) is 2. The van der Waals surface area contributed by atoms with Crippen LogP contribution in [0.2, 0.25) is 0 Å². The molecule has 1 saturated heterocycles. The predicted octanol–water partition coefficient (Wildman–Crippen LogP) is 2.78. The van der Waals surface area contributed by atoms with E-state index < -0.39 is 0 Å². The lowest BCUT2D eigenvalue weighted by Crippen LogP contribution is -2.51. The number of anilines is 1. The monoisotopic (exact) mass is 330 g/mol. The van der Waals surface area contributed by atoms with Gasteiger partial charge < -0.3 is 10.6 Å². The molecule has 2 heterocycles. The summed E-state index contributed by atoms with van der Waals surface area (Å²) in [6.07, 6.45) is 8.66. The minimum absolute atomic E-state index is 0.249. The van der Waals surface area contributed by atoms with Gasteiger partial charge in [0.1, 0.15) is 5.82 Å². The summed E-state index contributed by atoms with van der Waals surface area (Å²) in [6, 6.07) is 4.49. The number of hydrogen-bond donors (Lipinski definition) is 2. The second-order valence-electron chi connectivity index (χ2n) is 7.59. The first-order valence-corrected chi connectivity index (χ1v) is 9.26. The molecule has 1 aromatic heterocycles. The molecule has 5 heteroatoms. The maximum Gasteiger partial charge on any atom is 0.227 e. The van der Waals surface area contributed by atoms with Crippen molar-refractivity contribution in [1.82, 2.24) is 15.2 Å². The molecule has 0 bridgehead atoms. The summed E-state index contributed by atoms with van der Waals surface area (Å²) in [5.41, 5.74) is 0.920. The van der Waals surface area contributed by atoms with Gasteiger partial charge >= 0.3 is 0 Å². The van der Waals surface area contributed by atoms with E-state index in [4.69, 9.17) is 0 Å². The van der Waals surface area contributed by atoms with Crippen molar-refractivity contribution in [3.63, 3.8) is 0 Å². The number of carbonyl (C=O) groups is 1. The van der Waals surface area contributed by atoms with Gasteiger partial charge in [0.25, 0.3) is 0 Å². The lowest BCUT2D eigenvalue weighted by Gasteiger charge is -2.40. The maximum absolute atomic E-state index is 12.8. The molecule has 3 rings (SSSR count). The molecule has 1 aromatic rings. The Labute approximate surface area is 145 Å². The molecule has 1 unspecified atom stereocenters. The van der Waals surface area contributed by atoms with E-state index in [0.717, 1.165) is 51.1 Å². The molecule has 1 aliphatic carbocycles. The Morgan fingerprint density at radius 3 is 2.92 bits per heavy atom. The van der Waals surface area contributed by atoms with Crippen molar-refractivity contribution in [1.29, 1.82) is 0 Å². The maximum atomic E-state index is 12.8. The Morgan fingerprint density at radius 2 is 2.17 bits per heavy atom. The molecule has 5 nitrogen and oxygen atoms in total. The number of pyridine rings is 1. The van der Waals surface area contributed by atoms with Gasteiger partial charge in [-0.05, 0) is 45.2 Å². The van der Waals surface area contributed by atoms with Crippen molar-refractivity contribution >= 4 is 11.7 Å². The third kappa shape index (κ3) is 3.89. The van der Waals surface area contributed by atoms with Gasteiger partial charge in [0.05, 0.1) is 5.41 Å². The van der Waals surface area contributed by atoms with Crippen LogP contribution in [0.5, 0.6) is 0 Å². The predicted molar refractivity (Wildman–Crippen MR) is 96.8 cm³/mol. The van der Waals surface area contributed by atoms with Crippen LogP contribution in [0.1, 0.15) is 51.0 Å². The van der Waals surface area contributed by atoms with Crippen LogP contribution in [0.25, 0.3) is 0 Å². The Morgan fingerprint density at radius 1 is 1.38 bits per heavy atom. The van der Waals surface area contributed by atoms with Crippen LogP contribution in [-0.4, -0.2) is 42.0 Å². The topological polar surface area (TPSA) is 57.3 Å². The number of aromatic nitrogens is 1. The largest absolute Gasteiger partial charge is 0.373 e. The van der Waals surface area contributed by atoms with E-state index in [9.17, 15) is 4.79 Å². The van der Waals surface area contributed by atoms with E-state index in [0.29, 0.717) is 6.04 Å². The molecule has 2 N–H and O–H groups in total. The van der Waals surface area contributed by atoms with Gasteiger partial charge in [-0.25, -0.2) is 4.98 Å². The number of hydrogen-bond acceptors (Lipinski definition) is 4. The lowest BCUT2D eigenvalue weighted by atomic mass is 9.80. The first-order chi connectivity index (χ1) is 11.6. The summed E-state index contributed by atoms with van der Waals surface area (Å²) in [5, 5.41) is 6.47. The highest BCUT2D eigenvalue weighted by Crippen LogP contribution is 2.32. The van der Waals surface area contributed by atoms with Crippen molar-refractivity contribution in [2.45, 2.75) is 58.0 Å². The third-order valence-electron chi connectivity index (χ3n) is 5.54. The average molecular weight is 330 g/mol. The van der Waals surface area contributed by atoms with Crippen LogP contribution in [0.4, 0.5) is 5.82 Å². The Kier molecular flexibility index (Phi) is 5.39. The summed E-state index contributed by atoms with van der Waals surface area (Å²) >= 11 is 0. The van der Waals surface area contributed by atoms with Crippen LogP contribution in [-0.2, 0) is 11.3 Å². The van der Waals surface area contributed by atoms with E-state index in [2.05, 4.69) is 33.5 Å². The molecule has 132 valence electrons. The number of nitrogens with one attached hydrogen (secondary N) is 2. The van der Waals surface area contributed by atoms with Crippen LogP contribution in [0.3, 0.4) is 0 Å². The first kappa shape index (κ1) is 17.2. The Balaban J connectivity index is 1.63. The second kappa shape index (κ2) is 7.51. The van der Waals surface area contributed by atoms with Gasteiger partial charge in [0, 0.05) is 37.9 Å². The van der Waals surface area contributed by atoms with Crippen molar-refractivity contribution in [2.24, 2.45) is 5.41 Å². The van der Waals surface area contributed by atoms with Crippen molar-refractivity contribution in [3.05, 3.63) is 23.9 Å². The van der Waals surface area contributed by atoms with E-state index in [1.807, 2.05) is 19.3 Å². The van der Waals surface area contributed by atoms with E-state index in [1.165, 1.54) is 18.4 Å². The van der Waals surface area contributed by atoms with Crippen molar-refractivity contribution in [3.8, 4) is 0 Å². The molecule has 0 spiro atoms. The van der Waals surface area contributed by atoms with Gasteiger partial charge in [-0.15, -0.1) is 0 Å². The SMILES string of the molecule is CNc1ncccc1CN1CCCC(C)(C(=O)NC2CCCC2)C1. The fourth-order valence-electron chi connectivity index (χ4n) is 4.13. The Bertz CT molecular complexity index is 570. The van der Waals surface area contributed by atoms with Crippen LogP contribution >= 0.6 is 0 Å². The molecule has 1 aliphatic heterocycles. The zero-order chi connectivity index (χ0) is 17.0. The summed E-state index contributed by atoms with van der Waals surface area (Å²) in [7, 11) is 1.90. The number of carbonyl (C=O) groups excluding carboxylic acids is 1. The molecule has 1 saturated carbocycles. The summed E-state index contributed by atoms with van der Waals surface area (Å²) in [6.45, 7) is 4.84. The van der Waals surface area contributed by atoms with Gasteiger partial charge in [0.2, 0.25) is 5.91 Å². The van der Waals surface area contributed by atoms with Crippen molar-refractivity contribution in [2.75, 3.05) is 25.5 Å². The van der Waals surface area contributed by atoms with E-state index >= 15 is 0 Å². The molecule has 0 aromatic carbocycles. The number of amides is 1. The fraction of sp³-hybridized carbons (Fsp3) is 0.684. The Hall–Kier alpha value is -1.62. The molecule has 2 aliphatic rings. The molecule has 1 amide bonds. The zero-order valence-corrected chi connectivity index (χ0v) is 15.0. The highest BCUT2D eigenvalue weighted by molar-refractivity contribution is 5.83. The minimum Gasteiger partial charge on any atom is -0.373 e. The normalized spacial score (nSPS) is 25.6. The van der Waals surface area contributed by atoms with Crippen LogP contribution in [0.15, 0.2) is 18.3 Å². The van der Waals surface area contributed by atoms with Gasteiger partial charge in [-0.1, -0.05) is 18.9 Å². The zero-order valence-electron chi connectivity index (χ0n) is 15.0. The van der Waals surface area contributed by atoms with Crippen LogP contribution < -0.4 is 10.6 Å². The number of rotatable bonds is 5. The van der Waals surface area contributed by atoms with Gasteiger partial charge in [0.15, 0.2) is 0 Å². The minimum atomic E-state index is -0.275.